The van der Waals surface area contributed by atoms with Gasteiger partial charge in [-0.3, -0.25) is 25.3 Å². The minimum atomic E-state index is -2.99. The number of hydrogen-bond acceptors (Lipinski definition) is 11. The number of hydrazine groups is 1. The van der Waals surface area contributed by atoms with E-state index in [9.17, 15) is 33.1 Å². The molecule has 2 aromatic carbocycles. The Kier molecular flexibility index (Phi) is 7.91. The Morgan fingerprint density at radius 3 is 2.47 bits per heavy atom. The summed E-state index contributed by atoms with van der Waals surface area (Å²) in [6, 6.07) is 13.3. The first-order chi connectivity index (χ1) is 22.3. The molecule has 3 heterocycles. The second kappa shape index (κ2) is 11.8. The maximum atomic E-state index is 13.3. The Balaban J connectivity index is 1.19. The number of cyclic esters (lactones) is 1. The van der Waals surface area contributed by atoms with Crippen LogP contribution in [0.15, 0.2) is 54.7 Å². The highest BCUT2D eigenvalue weighted by Gasteiger charge is 2.57. The summed E-state index contributed by atoms with van der Waals surface area (Å²) in [5.41, 5.74) is 4.30. The number of alkyl halides is 2. The fraction of sp³-hybridized carbons (Fsp3) is 0.355. The third-order valence-electron chi connectivity index (χ3n) is 8.01. The van der Waals surface area contributed by atoms with Crippen LogP contribution < -0.4 is 21.5 Å². The molecule has 47 heavy (non-hydrogen) atoms. The Morgan fingerprint density at radius 2 is 1.81 bits per heavy atom. The number of nitrogens with one attached hydrogen (secondary N) is 4. The van der Waals surface area contributed by atoms with Gasteiger partial charge in [-0.15, -0.1) is 0 Å². The topological polar surface area (TPSA) is 184 Å². The summed E-state index contributed by atoms with van der Waals surface area (Å²) < 4.78 is 36.9. The molecule has 0 bridgehead atoms. The van der Waals surface area contributed by atoms with Gasteiger partial charge >= 0.3 is 12.1 Å². The Hall–Kier alpha value is -5.38. The lowest BCUT2D eigenvalue weighted by Crippen LogP contribution is -2.60. The molecular weight excluding hydrogens is 620 g/mol. The van der Waals surface area contributed by atoms with E-state index in [1.54, 1.807) is 56.3 Å². The van der Waals surface area contributed by atoms with Crippen LogP contribution in [-0.4, -0.2) is 75.1 Å². The third-order valence-corrected chi connectivity index (χ3v) is 8.01. The lowest BCUT2D eigenvalue weighted by molar-refractivity contribution is -0.140. The van der Waals surface area contributed by atoms with Gasteiger partial charge in [-0.05, 0) is 37.6 Å². The van der Waals surface area contributed by atoms with Crippen LogP contribution in [0.5, 0.6) is 0 Å². The molecule has 1 saturated heterocycles. The monoisotopic (exact) mass is 651 g/mol. The fourth-order valence-corrected chi connectivity index (χ4v) is 5.23. The first-order valence-corrected chi connectivity index (χ1v) is 14.7. The number of carbonyl (C=O) groups excluding carboxylic acids is 4. The van der Waals surface area contributed by atoms with Gasteiger partial charge in [-0.2, -0.15) is 4.98 Å². The number of halogens is 2. The molecule has 16 heteroatoms. The van der Waals surface area contributed by atoms with Gasteiger partial charge in [-0.25, -0.2) is 23.4 Å². The molecule has 246 valence electrons. The van der Waals surface area contributed by atoms with Crippen molar-refractivity contribution >= 4 is 41.3 Å². The van der Waals surface area contributed by atoms with Crippen LogP contribution in [0.2, 0.25) is 0 Å². The van der Waals surface area contributed by atoms with E-state index < -0.39 is 60.1 Å². The number of aliphatic hydroxyl groups is 1. The summed E-state index contributed by atoms with van der Waals surface area (Å²) in [6.07, 6.45) is 0.464. The zero-order valence-electron chi connectivity index (χ0n) is 25.3. The van der Waals surface area contributed by atoms with Crippen LogP contribution in [-0.2, 0) is 19.9 Å². The molecule has 3 amide bonds. The molecule has 0 unspecified atom stereocenters. The Bertz CT molecular complexity index is 1740. The van der Waals surface area contributed by atoms with Crippen LogP contribution in [0.3, 0.4) is 0 Å². The lowest BCUT2D eigenvalue weighted by Gasteiger charge is -2.38. The van der Waals surface area contributed by atoms with Gasteiger partial charge in [0.15, 0.2) is 5.60 Å². The van der Waals surface area contributed by atoms with Crippen molar-refractivity contribution in [3.8, 4) is 0 Å². The first kappa shape index (κ1) is 31.6. The molecule has 3 aromatic rings. The maximum absolute atomic E-state index is 13.3. The standard InChI is InChI=1S/C31H31F2N7O7/c1-29(2)21-12-18(8-9-19(21)25(43)46-29)35-27-34-13-20(23(37-27)36-22(14-41)17-6-4-3-5-7-17)24(42)38-39-26(44)30(10-11-30)47-28(45)40-15-31(32,33)16-40/h3-9,12-13,22,41H,10-11,14-16H2,1-2H3,(H,38,42)(H,39,44)(H2,34,35,36,37)/t22-/m1/s1. The van der Waals surface area contributed by atoms with E-state index in [1.165, 1.54) is 6.20 Å². The van der Waals surface area contributed by atoms with E-state index in [0.717, 1.165) is 4.90 Å². The van der Waals surface area contributed by atoms with Crippen molar-refractivity contribution in [1.82, 2.24) is 25.7 Å². The second-order valence-electron chi connectivity index (χ2n) is 12.0. The van der Waals surface area contributed by atoms with Crippen molar-refractivity contribution in [2.24, 2.45) is 0 Å². The number of hydrogen-bond donors (Lipinski definition) is 5. The number of amides is 3. The van der Waals surface area contributed by atoms with E-state index in [-0.39, 0.29) is 36.8 Å². The molecular formula is C31H31F2N7O7. The van der Waals surface area contributed by atoms with Crippen LogP contribution in [0.4, 0.5) is 31.0 Å². The molecule has 5 N–H and O–H groups in total. The second-order valence-corrected chi connectivity index (χ2v) is 12.0. The molecule has 6 rings (SSSR count). The van der Waals surface area contributed by atoms with Gasteiger partial charge in [0.25, 0.3) is 17.7 Å². The molecule has 2 fully saturated rings. The normalized spacial score (nSPS) is 18.5. The van der Waals surface area contributed by atoms with E-state index >= 15 is 0 Å². The SMILES string of the molecule is CC1(C)OC(=O)c2ccc(Nc3ncc(C(=O)NNC(=O)C4(OC(=O)N5CC(F)(F)C5)CC4)c(N[C@H](CO)c4ccccc4)n3)cc21. The minimum Gasteiger partial charge on any atom is -0.451 e. The first-order valence-electron chi connectivity index (χ1n) is 14.7. The van der Waals surface area contributed by atoms with Crippen LogP contribution in [0.25, 0.3) is 0 Å². The summed E-state index contributed by atoms with van der Waals surface area (Å²) in [5.74, 6) is -5.02. The lowest BCUT2D eigenvalue weighted by atomic mass is 9.95. The fourth-order valence-electron chi connectivity index (χ4n) is 5.23. The molecule has 1 saturated carbocycles. The van der Waals surface area contributed by atoms with Gasteiger partial charge in [0.2, 0.25) is 5.95 Å². The van der Waals surface area contributed by atoms with Gasteiger partial charge < -0.3 is 25.2 Å². The van der Waals surface area contributed by atoms with Crippen molar-refractivity contribution < 1.29 is 42.5 Å². The van der Waals surface area contributed by atoms with Crippen LogP contribution in [0, 0.1) is 0 Å². The van der Waals surface area contributed by atoms with E-state index in [1.807, 2.05) is 6.07 Å². The van der Waals surface area contributed by atoms with Gasteiger partial charge in [0, 0.05) is 30.3 Å². The number of benzene rings is 2. The Labute approximate surface area is 266 Å². The minimum absolute atomic E-state index is 0.00317. The molecule has 3 aliphatic rings. The van der Waals surface area contributed by atoms with Crippen molar-refractivity contribution in [2.75, 3.05) is 30.3 Å². The van der Waals surface area contributed by atoms with E-state index in [2.05, 4.69) is 31.5 Å². The summed E-state index contributed by atoms with van der Waals surface area (Å²) in [7, 11) is 0. The zero-order valence-corrected chi connectivity index (χ0v) is 25.3. The van der Waals surface area contributed by atoms with Crippen LogP contribution in [0.1, 0.15) is 64.6 Å². The highest BCUT2D eigenvalue weighted by atomic mass is 19.3. The maximum Gasteiger partial charge on any atom is 0.411 e. The van der Waals surface area contributed by atoms with E-state index in [4.69, 9.17) is 9.47 Å². The molecule has 1 aromatic heterocycles. The number of fused-ring (bicyclic) bond motifs is 1. The average molecular weight is 652 g/mol. The quantitative estimate of drug-likeness (QED) is 0.169. The predicted molar refractivity (Wildman–Crippen MR) is 161 cm³/mol. The molecule has 2 aliphatic heterocycles. The number of nitrogens with zero attached hydrogens (tertiary/aromatic N) is 3. The number of aliphatic hydroxyl groups excluding tert-OH is 1. The van der Waals surface area contributed by atoms with E-state index in [0.29, 0.717) is 22.4 Å². The van der Waals surface area contributed by atoms with Crippen molar-refractivity contribution in [2.45, 2.75) is 49.9 Å². The van der Waals surface area contributed by atoms with Gasteiger partial charge in [-0.1, -0.05) is 30.3 Å². The van der Waals surface area contributed by atoms with Crippen molar-refractivity contribution in [3.05, 3.63) is 77.0 Å². The Morgan fingerprint density at radius 1 is 1.09 bits per heavy atom. The number of likely N-dealkylation sites (tertiary alicyclic amines) is 1. The number of rotatable bonds is 9. The molecule has 0 spiro atoms. The molecule has 1 aliphatic carbocycles. The highest BCUT2D eigenvalue weighted by molar-refractivity contribution is 6.00. The number of carbonyl (C=O) groups is 4. The smallest absolute Gasteiger partial charge is 0.411 e. The molecule has 1 atom stereocenters. The number of anilines is 3. The van der Waals surface area contributed by atoms with Gasteiger partial charge in [0.05, 0.1) is 31.3 Å². The number of aromatic nitrogens is 2. The van der Waals surface area contributed by atoms with Crippen LogP contribution >= 0.6 is 0 Å². The largest absolute Gasteiger partial charge is 0.451 e. The summed E-state index contributed by atoms with van der Waals surface area (Å²) in [6.45, 7) is 1.59. The zero-order chi connectivity index (χ0) is 33.6. The predicted octanol–water partition coefficient (Wildman–Crippen LogP) is 3.15. The average Bonchev–Trinajstić information content (AvgIpc) is 3.77. The molecule has 0 radical (unpaired) electrons. The summed E-state index contributed by atoms with van der Waals surface area (Å²) in [5, 5.41) is 16.3. The van der Waals surface area contributed by atoms with Crippen molar-refractivity contribution in [3.63, 3.8) is 0 Å². The number of esters is 1. The summed E-state index contributed by atoms with van der Waals surface area (Å²) in [4.78, 5) is 60.1. The van der Waals surface area contributed by atoms with Crippen molar-refractivity contribution in [1.29, 1.82) is 0 Å². The highest BCUT2D eigenvalue weighted by Crippen LogP contribution is 2.41. The molecule has 14 nitrogen and oxygen atoms in total. The third kappa shape index (κ3) is 6.49. The summed E-state index contributed by atoms with van der Waals surface area (Å²) >= 11 is 0. The van der Waals surface area contributed by atoms with Gasteiger partial charge in [0.1, 0.15) is 17.0 Å². The number of ether oxygens (including phenoxy) is 2.